The van der Waals surface area contributed by atoms with Gasteiger partial charge < -0.3 is 10.6 Å². The Balaban J connectivity index is 1.48. The van der Waals surface area contributed by atoms with Crippen LogP contribution in [0.3, 0.4) is 0 Å². The lowest BCUT2D eigenvalue weighted by Crippen LogP contribution is -2.31. The molecular formula is C25H21ClN6OS. The highest BCUT2D eigenvalue weighted by atomic mass is 35.5. The van der Waals surface area contributed by atoms with Gasteiger partial charge in [0.15, 0.2) is 0 Å². The van der Waals surface area contributed by atoms with Crippen molar-refractivity contribution in [3.05, 3.63) is 107 Å². The fourth-order valence-corrected chi connectivity index (χ4v) is 4.93. The van der Waals surface area contributed by atoms with Crippen LogP contribution in [0.15, 0.2) is 95.6 Å². The summed E-state index contributed by atoms with van der Waals surface area (Å²) >= 11 is 7.80. The lowest BCUT2D eigenvalue weighted by molar-refractivity contribution is -0.113. The van der Waals surface area contributed by atoms with Crippen LogP contribution in [0.1, 0.15) is 24.1 Å². The van der Waals surface area contributed by atoms with E-state index in [0.717, 1.165) is 22.5 Å². The summed E-state index contributed by atoms with van der Waals surface area (Å²) in [5.41, 5.74) is 3.91. The highest BCUT2D eigenvalue weighted by molar-refractivity contribution is 7.98. The molecule has 9 heteroatoms. The van der Waals surface area contributed by atoms with Crippen LogP contribution in [0.25, 0.3) is 0 Å². The summed E-state index contributed by atoms with van der Waals surface area (Å²) in [6.45, 7) is 1.88. The number of pyridine rings is 1. The minimum Gasteiger partial charge on any atom is -0.328 e. The molecule has 2 aromatic heterocycles. The zero-order valence-electron chi connectivity index (χ0n) is 18.3. The van der Waals surface area contributed by atoms with E-state index in [0.29, 0.717) is 27.5 Å². The first-order chi connectivity index (χ1) is 16.6. The largest absolute Gasteiger partial charge is 0.328 e. The Morgan fingerprint density at radius 1 is 1.09 bits per heavy atom. The third-order valence-electron chi connectivity index (χ3n) is 5.45. The third-order valence-corrected chi connectivity index (χ3v) is 6.70. The number of fused-ring (bicyclic) bond motifs is 1. The molecule has 1 aliphatic rings. The van der Waals surface area contributed by atoms with Crippen molar-refractivity contribution in [2.45, 2.75) is 23.9 Å². The summed E-state index contributed by atoms with van der Waals surface area (Å²) in [6, 6.07) is 20.4. The minimum atomic E-state index is -0.454. The minimum absolute atomic E-state index is 0.204. The maximum atomic E-state index is 13.4. The number of anilines is 2. The Kier molecular flexibility index (Phi) is 6.33. The molecule has 0 saturated carbocycles. The zero-order chi connectivity index (χ0) is 23.5. The van der Waals surface area contributed by atoms with E-state index < -0.39 is 6.04 Å². The van der Waals surface area contributed by atoms with Crippen LogP contribution in [0.4, 0.5) is 11.6 Å². The van der Waals surface area contributed by atoms with E-state index in [1.807, 2.05) is 73.7 Å². The number of thioether (sulfide) groups is 1. The van der Waals surface area contributed by atoms with Gasteiger partial charge in [-0.05, 0) is 48.4 Å². The maximum absolute atomic E-state index is 13.4. The molecule has 0 aliphatic carbocycles. The molecule has 0 bridgehead atoms. The van der Waals surface area contributed by atoms with Gasteiger partial charge in [0.1, 0.15) is 6.04 Å². The molecule has 7 nitrogen and oxygen atoms in total. The second-order valence-electron chi connectivity index (χ2n) is 7.71. The molecule has 0 fully saturated rings. The van der Waals surface area contributed by atoms with E-state index in [-0.39, 0.29) is 5.91 Å². The summed E-state index contributed by atoms with van der Waals surface area (Å²) in [6.07, 6.45) is 3.42. The van der Waals surface area contributed by atoms with Gasteiger partial charge >= 0.3 is 0 Å². The molecular weight excluding hydrogens is 468 g/mol. The number of rotatable bonds is 6. The molecule has 0 spiro atoms. The highest BCUT2D eigenvalue weighted by Gasteiger charge is 2.34. The molecule has 5 rings (SSSR count). The number of benzene rings is 2. The average Bonchev–Trinajstić information content (AvgIpc) is 3.26. The number of hydrogen-bond acceptors (Lipinski definition) is 6. The van der Waals surface area contributed by atoms with Crippen molar-refractivity contribution in [2.24, 2.45) is 0 Å². The standard InChI is InChI=1S/C25H21ClN6OS/c1-16-21(23(33)29-19-8-3-2-4-9-19)22(17-11-13-27-14-12-17)32-24(28-16)30-25(31-32)34-15-18-7-5-6-10-20(18)26/h2-14,22H,15H2,1H3,(H,29,33)(H,28,30,31)/t22-/m1/s1. The Morgan fingerprint density at radius 3 is 2.59 bits per heavy atom. The van der Waals surface area contributed by atoms with Gasteiger partial charge in [0, 0.05) is 34.6 Å². The molecule has 2 aromatic carbocycles. The molecule has 3 heterocycles. The quantitative estimate of drug-likeness (QED) is 0.346. The number of hydrogen-bond donors (Lipinski definition) is 2. The first kappa shape index (κ1) is 22.2. The monoisotopic (exact) mass is 488 g/mol. The second kappa shape index (κ2) is 9.70. The Hall–Kier alpha value is -3.62. The topological polar surface area (TPSA) is 84.7 Å². The molecule has 34 heavy (non-hydrogen) atoms. The summed E-state index contributed by atoms with van der Waals surface area (Å²) in [4.78, 5) is 22.2. The Bertz CT molecular complexity index is 1360. The number of nitrogens with zero attached hydrogens (tertiary/aromatic N) is 4. The van der Waals surface area contributed by atoms with Crippen molar-refractivity contribution in [1.29, 1.82) is 0 Å². The average molecular weight is 489 g/mol. The van der Waals surface area contributed by atoms with Crippen molar-refractivity contribution >= 4 is 40.9 Å². The summed E-state index contributed by atoms with van der Waals surface area (Å²) in [7, 11) is 0. The van der Waals surface area contributed by atoms with Gasteiger partial charge in [-0.25, -0.2) is 4.68 Å². The summed E-state index contributed by atoms with van der Waals surface area (Å²) in [5.74, 6) is 1.01. The van der Waals surface area contributed by atoms with Crippen molar-refractivity contribution in [1.82, 2.24) is 19.7 Å². The number of aromatic nitrogens is 4. The van der Waals surface area contributed by atoms with E-state index in [4.69, 9.17) is 16.7 Å². The second-order valence-corrected chi connectivity index (χ2v) is 9.06. The summed E-state index contributed by atoms with van der Waals surface area (Å²) < 4.78 is 1.76. The Labute approximate surface area is 206 Å². The predicted molar refractivity (Wildman–Crippen MR) is 135 cm³/mol. The normalized spacial score (nSPS) is 14.9. The van der Waals surface area contributed by atoms with Gasteiger partial charge in [-0.15, -0.1) is 5.10 Å². The number of halogens is 1. The van der Waals surface area contributed by atoms with Crippen LogP contribution in [0.5, 0.6) is 0 Å². The van der Waals surface area contributed by atoms with Crippen LogP contribution in [-0.2, 0) is 10.5 Å². The van der Waals surface area contributed by atoms with Gasteiger partial charge in [-0.2, -0.15) is 4.98 Å². The molecule has 1 amide bonds. The van der Waals surface area contributed by atoms with Gasteiger partial charge in [0.2, 0.25) is 11.1 Å². The van der Waals surface area contributed by atoms with Crippen molar-refractivity contribution in [3.63, 3.8) is 0 Å². The first-order valence-electron chi connectivity index (χ1n) is 10.7. The van der Waals surface area contributed by atoms with Crippen molar-refractivity contribution < 1.29 is 4.79 Å². The van der Waals surface area contributed by atoms with Crippen LogP contribution in [0.2, 0.25) is 5.02 Å². The lowest BCUT2D eigenvalue weighted by Gasteiger charge is -2.28. The van der Waals surface area contributed by atoms with Crippen LogP contribution < -0.4 is 10.6 Å². The molecule has 1 atom stereocenters. The number of allylic oxidation sites excluding steroid dienone is 1. The van der Waals surface area contributed by atoms with E-state index in [2.05, 4.69) is 20.6 Å². The molecule has 0 saturated heterocycles. The highest BCUT2D eigenvalue weighted by Crippen LogP contribution is 2.37. The fraction of sp³-hybridized carbons (Fsp3) is 0.120. The molecule has 4 aromatic rings. The first-order valence-corrected chi connectivity index (χ1v) is 12.0. The Morgan fingerprint density at radius 2 is 1.82 bits per heavy atom. The third kappa shape index (κ3) is 4.55. The van der Waals surface area contributed by atoms with E-state index in [1.54, 1.807) is 17.1 Å². The molecule has 1 aliphatic heterocycles. The predicted octanol–water partition coefficient (Wildman–Crippen LogP) is 5.55. The van der Waals surface area contributed by atoms with Gasteiger partial charge in [-0.3, -0.25) is 9.78 Å². The van der Waals surface area contributed by atoms with Gasteiger partial charge in [0.25, 0.3) is 5.91 Å². The van der Waals surface area contributed by atoms with Crippen LogP contribution >= 0.6 is 23.4 Å². The number of carbonyl (C=O) groups is 1. The van der Waals surface area contributed by atoms with Crippen LogP contribution in [-0.4, -0.2) is 25.7 Å². The summed E-state index contributed by atoms with van der Waals surface area (Å²) in [5, 5.41) is 12.3. The van der Waals surface area contributed by atoms with Gasteiger partial charge in [0.05, 0.1) is 5.57 Å². The van der Waals surface area contributed by atoms with E-state index >= 15 is 0 Å². The maximum Gasteiger partial charge on any atom is 0.255 e. The smallest absolute Gasteiger partial charge is 0.255 e. The van der Waals surface area contributed by atoms with E-state index in [1.165, 1.54) is 11.8 Å². The molecule has 2 N–H and O–H groups in total. The molecule has 170 valence electrons. The number of carbonyl (C=O) groups excluding carboxylic acids is 1. The van der Waals surface area contributed by atoms with Crippen LogP contribution in [0, 0.1) is 0 Å². The van der Waals surface area contributed by atoms with E-state index in [9.17, 15) is 4.79 Å². The van der Waals surface area contributed by atoms with Gasteiger partial charge in [-0.1, -0.05) is 59.8 Å². The number of amides is 1. The number of para-hydroxylation sites is 1. The SMILES string of the molecule is CC1=C(C(=O)Nc2ccccc2)[C@@H](c2ccncc2)n2nc(SCc3ccccc3Cl)nc2N1. The molecule has 0 radical (unpaired) electrons. The van der Waals surface area contributed by atoms with Crippen molar-refractivity contribution in [2.75, 3.05) is 10.6 Å². The lowest BCUT2D eigenvalue weighted by atomic mass is 9.96. The van der Waals surface area contributed by atoms with Crippen molar-refractivity contribution in [3.8, 4) is 0 Å². The fourth-order valence-electron chi connectivity index (χ4n) is 3.82. The number of nitrogens with one attached hydrogen (secondary N) is 2. The molecule has 0 unspecified atom stereocenters. The zero-order valence-corrected chi connectivity index (χ0v) is 19.8.